The highest BCUT2D eigenvalue weighted by Gasteiger charge is 2.22. The lowest BCUT2D eigenvalue weighted by molar-refractivity contribution is -0.118. The fraction of sp³-hybridized carbons (Fsp3) is 0.632. The molecule has 1 aliphatic rings. The Bertz CT molecular complexity index is 697. The van der Waals surface area contributed by atoms with Crippen LogP contribution in [0.3, 0.4) is 0 Å². The highest BCUT2D eigenvalue weighted by molar-refractivity contribution is 7.99. The number of aromatic nitrogens is 3. The minimum absolute atomic E-state index is 0.0563. The van der Waals surface area contributed by atoms with Crippen LogP contribution in [0.1, 0.15) is 45.4 Å². The number of hydrogen-bond donors (Lipinski definition) is 1. The molecule has 1 aliphatic heterocycles. The summed E-state index contributed by atoms with van der Waals surface area (Å²) in [6, 6.07) is 4.07. The predicted molar refractivity (Wildman–Crippen MR) is 110 cm³/mol. The molecule has 1 saturated heterocycles. The fourth-order valence-electron chi connectivity index (χ4n) is 3.10. The van der Waals surface area contributed by atoms with E-state index in [2.05, 4.69) is 33.1 Å². The molecular formula is C19H28N4O2S2. The summed E-state index contributed by atoms with van der Waals surface area (Å²) in [5, 5.41) is 14.6. The summed E-state index contributed by atoms with van der Waals surface area (Å²) in [7, 11) is 0. The van der Waals surface area contributed by atoms with Gasteiger partial charge < -0.3 is 10.1 Å². The zero-order valence-electron chi connectivity index (χ0n) is 15.9. The van der Waals surface area contributed by atoms with Crippen LogP contribution < -0.4 is 5.32 Å². The van der Waals surface area contributed by atoms with E-state index in [-0.39, 0.29) is 12.0 Å². The van der Waals surface area contributed by atoms with Crippen molar-refractivity contribution in [2.75, 3.05) is 18.9 Å². The number of ether oxygens (including phenoxy) is 1. The standard InChI is InChI=1S/C19H28N4O2S2/c1-2-3-4-5-10-20-17(24)14-27-19-22-21-18(16-9-7-12-26-16)23(19)13-15-8-6-11-25-15/h7,9,12,15H,2-6,8,10-11,13-14H2,1H3,(H,20,24). The molecule has 0 bridgehead atoms. The van der Waals surface area contributed by atoms with Crippen LogP contribution in [-0.4, -0.2) is 45.7 Å². The van der Waals surface area contributed by atoms with E-state index in [1.165, 1.54) is 31.0 Å². The van der Waals surface area contributed by atoms with Crippen LogP contribution in [0.2, 0.25) is 0 Å². The van der Waals surface area contributed by atoms with Crippen LogP contribution in [0, 0.1) is 0 Å². The number of hydrogen-bond acceptors (Lipinski definition) is 6. The lowest BCUT2D eigenvalue weighted by atomic mass is 10.2. The van der Waals surface area contributed by atoms with Crippen LogP contribution in [0.15, 0.2) is 22.7 Å². The van der Waals surface area contributed by atoms with E-state index in [0.29, 0.717) is 5.75 Å². The monoisotopic (exact) mass is 408 g/mol. The molecule has 1 unspecified atom stereocenters. The number of nitrogens with one attached hydrogen (secondary N) is 1. The average molecular weight is 409 g/mol. The number of amides is 1. The Morgan fingerprint density at radius 1 is 1.41 bits per heavy atom. The summed E-state index contributed by atoms with van der Waals surface area (Å²) < 4.78 is 7.92. The molecule has 0 saturated carbocycles. The minimum Gasteiger partial charge on any atom is -0.376 e. The van der Waals surface area contributed by atoms with Crippen molar-refractivity contribution in [2.24, 2.45) is 0 Å². The Labute approximate surface area is 169 Å². The van der Waals surface area contributed by atoms with Gasteiger partial charge >= 0.3 is 0 Å². The highest BCUT2D eigenvalue weighted by atomic mass is 32.2. The van der Waals surface area contributed by atoms with Crippen LogP contribution in [0.5, 0.6) is 0 Å². The SMILES string of the molecule is CCCCCCNC(=O)CSc1nnc(-c2cccs2)n1CC1CCCO1. The van der Waals surface area contributed by atoms with Crippen molar-refractivity contribution in [2.45, 2.75) is 63.3 Å². The fourth-order valence-corrected chi connectivity index (χ4v) is 4.60. The number of carbonyl (C=O) groups excluding carboxylic acids is 1. The smallest absolute Gasteiger partial charge is 0.230 e. The summed E-state index contributed by atoms with van der Waals surface area (Å²) >= 11 is 3.10. The number of thiophene rings is 1. The maximum atomic E-state index is 12.1. The first kappa shape index (κ1) is 20.4. The van der Waals surface area contributed by atoms with E-state index in [1.54, 1.807) is 11.3 Å². The van der Waals surface area contributed by atoms with Crippen molar-refractivity contribution in [1.82, 2.24) is 20.1 Å². The van der Waals surface area contributed by atoms with Crippen LogP contribution in [0.25, 0.3) is 10.7 Å². The average Bonchev–Trinajstić information content (AvgIpc) is 3.42. The molecule has 3 heterocycles. The van der Waals surface area contributed by atoms with Crippen LogP contribution in [-0.2, 0) is 16.1 Å². The summed E-state index contributed by atoms with van der Waals surface area (Å²) in [6.45, 7) is 4.50. The summed E-state index contributed by atoms with van der Waals surface area (Å²) in [6.07, 6.45) is 7.01. The van der Waals surface area contributed by atoms with Crippen molar-refractivity contribution in [3.05, 3.63) is 17.5 Å². The van der Waals surface area contributed by atoms with Gasteiger partial charge in [-0.25, -0.2) is 0 Å². The molecule has 27 heavy (non-hydrogen) atoms. The van der Waals surface area contributed by atoms with Gasteiger partial charge in [0, 0.05) is 13.2 Å². The Balaban J connectivity index is 1.58. The molecule has 0 aromatic carbocycles. The van der Waals surface area contributed by atoms with E-state index < -0.39 is 0 Å². The van der Waals surface area contributed by atoms with Gasteiger partial charge in [-0.1, -0.05) is 44.0 Å². The molecule has 3 rings (SSSR count). The van der Waals surface area contributed by atoms with Gasteiger partial charge in [0.1, 0.15) is 0 Å². The molecule has 0 aliphatic carbocycles. The first-order valence-corrected chi connectivity index (χ1v) is 11.6. The highest BCUT2D eigenvalue weighted by Crippen LogP contribution is 2.28. The predicted octanol–water partition coefficient (Wildman–Crippen LogP) is 3.97. The number of thioether (sulfide) groups is 1. The Kier molecular flexibility index (Phi) is 8.16. The largest absolute Gasteiger partial charge is 0.376 e. The molecule has 2 aromatic rings. The van der Waals surface area contributed by atoms with Crippen LogP contribution in [0.4, 0.5) is 0 Å². The van der Waals surface area contributed by atoms with Gasteiger partial charge in [0.2, 0.25) is 5.91 Å². The third-order valence-corrected chi connectivity index (χ3v) is 6.39. The van der Waals surface area contributed by atoms with Crippen molar-refractivity contribution < 1.29 is 9.53 Å². The summed E-state index contributed by atoms with van der Waals surface area (Å²) in [4.78, 5) is 13.2. The number of carbonyl (C=O) groups is 1. The van der Waals surface area contributed by atoms with Gasteiger partial charge in [-0.05, 0) is 30.7 Å². The maximum Gasteiger partial charge on any atom is 0.230 e. The first-order chi connectivity index (χ1) is 13.3. The Morgan fingerprint density at radius 2 is 2.33 bits per heavy atom. The van der Waals surface area contributed by atoms with Crippen molar-refractivity contribution in [1.29, 1.82) is 0 Å². The molecule has 1 amide bonds. The van der Waals surface area contributed by atoms with Gasteiger partial charge in [-0.15, -0.1) is 21.5 Å². The Morgan fingerprint density at radius 3 is 3.07 bits per heavy atom. The van der Waals surface area contributed by atoms with E-state index in [1.807, 2.05) is 11.4 Å². The van der Waals surface area contributed by atoms with Gasteiger partial charge in [0.05, 0.1) is 23.3 Å². The first-order valence-electron chi connectivity index (χ1n) is 9.76. The number of rotatable bonds is 11. The molecule has 2 aromatic heterocycles. The van der Waals surface area contributed by atoms with Gasteiger partial charge in [-0.3, -0.25) is 9.36 Å². The van der Waals surface area contributed by atoms with E-state index >= 15 is 0 Å². The topological polar surface area (TPSA) is 69.0 Å². The second kappa shape index (κ2) is 10.8. The summed E-state index contributed by atoms with van der Waals surface area (Å²) in [5.41, 5.74) is 0. The third-order valence-electron chi connectivity index (χ3n) is 4.55. The number of nitrogens with zero attached hydrogens (tertiary/aromatic N) is 3. The molecule has 0 radical (unpaired) electrons. The minimum atomic E-state index is 0.0563. The maximum absolute atomic E-state index is 12.1. The lowest BCUT2D eigenvalue weighted by Gasteiger charge is -2.14. The molecule has 8 heteroatoms. The molecule has 6 nitrogen and oxygen atoms in total. The van der Waals surface area contributed by atoms with Gasteiger partial charge in [-0.2, -0.15) is 0 Å². The molecule has 0 spiro atoms. The zero-order valence-corrected chi connectivity index (χ0v) is 17.5. The van der Waals surface area contributed by atoms with E-state index in [0.717, 1.165) is 54.8 Å². The number of unbranched alkanes of at least 4 members (excludes halogenated alkanes) is 3. The Hall–Kier alpha value is -1.38. The summed E-state index contributed by atoms with van der Waals surface area (Å²) in [5.74, 6) is 1.28. The third kappa shape index (κ3) is 6.05. The van der Waals surface area contributed by atoms with Gasteiger partial charge in [0.15, 0.2) is 11.0 Å². The van der Waals surface area contributed by atoms with Crippen LogP contribution >= 0.6 is 23.1 Å². The zero-order chi connectivity index (χ0) is 18.9. The van der Waals surface area contributed by atoms with Gasteiger partial charge in [0.25, 0.3) is 0 Å². The van der Waals surface area contributed by atoms with E-state index in [9.17, 15) is 4.79 Å². The van der Waals surface area contributed by atoms with Crippen molar-refractivity contribution >= 4 is 29.0 Å². The second-order valence-corrected chi connectivity index (χ2v) is 8.62. The molecule has 148 valence electrons. The molecule has 1 N–H and O–H groups in total. The van der Waals surface area contributed by atoms with Crippen molar-refractivity contribution in [3.8, 4) is 10.7 Å². The lowest BCUT2D eigenvalue weighted by Crippen LogP contribution is -2.26. The quantitative estimate of drug-likeness (QED) is 0.450. The molecular weight excluding hydrogens is 380 g/mol. The molecule has 1 fully saturated rings. The second-order valence-electron chi connectivity index (χ2n) is 6.73. The molecule has 1 atom stereocenters. The van der Waals surface area contributed by atoms with E-state index in [4.69, 9.17) is 4.74 Å². The van der Waals surface area contributed by atoms with Crippen molar-refractivity contribution in [3.63, 3.8) is 0 Å². The normalized spacial score (nSPS) is 16.7.